The lowest BCUT2D eigenvalue weighted by atomic mass is 10.1. The van der Waals surface area contributed by atoms with Gasteiger partial charge < -0.3 is 5.73 Å². The molecule has 1 heterocycles. The molecule has 0 bridgehead atoms. The number of aryl methyl sites for hydroxylation is 1. The highest BCUT2D eigenvalue weighted by molar-refractivity contribution is 9.10. The van der Waals surface area contributed by atoms with E-state index in [1.165, 1.54) is 4.68 Å². The van der Waals surface area contributed by atoms with Gasteiger partial charge in [0.2, 0.25) is 5.78 Å². The van der Waals surface area contributed by atoms with Gasteiger partial charge >= 0.3 is 0 Å². The number of nitrogens with two attached hydrogens (primary N) is 1. The fraction of sp³-hybridized carbons (Fsp3) is 0.625. The molecule has 14 heavy (non-hydrogen) atoms. The van der Waals surface area contributed by atoms with E-state index in [1.807, 2.05) is 0 Å². The van der Waals surface area contributed by atoms with Crippen molar-refractivity contribution in [3.8, 4) is 0 Å². The molecule has 1 saturated carbocycles. The molecule has 0 amide bonds. The summed E-state index contributed by atoms with van der Waals surface area (Å²) in [5.41, 5.74) is 6.27. The van der Waals surface area contributed by atoms with Gasteiger partial charge in [-0.05, 0) is 34.7 Å². The van der Waals surface area contributed by atoms with Crippen LogP contribution in [0.2, 0.25) is 0 Å². The summed E-state index contributed by atoms with van der Waals surface area (Å²) in [6, 6.07) is -0.400. The first-order chi connectivity index (χ1) is 6.61. The monoisotopic (exact) mass is 258 g/mol. The third-order valence-corrected chi connectivity index (χ3v) is 2.99. The zero-order valence-electron chi connectivity index (χ0n) is 7.77. The molecule has 0 aromatic carbocycles. The van der Waals surface area contributed by atoms with Crippen LogP contribution in [0.4, 0.5) is 0 Å². The van der Waals surface area contributed by atoms with Crippen molar-refractivity contribution in [2.75, 3.05) is 0 Å². The number of aromatic nitrogens is 3. The first kappa shape index (κ1) is 9.79. The van der Waals surface area contributed by atoms with Crippen molar-refractivity contribution in [1.82, 2.24) is 15.0 Å². The van der Waals surface area contributed by atoms with Gasteiger partial charge in [-0.2, -0.15) is 0 Å². The normalized spacial score (nSPS) is 18.2. The molecule has 5 nitrogen and oxygen atoms in total. The van der Waals surface area contributed by atoms with Crippen molar-refractivity contribution in [3.63, 3.8) is 0 Å². The molecule has 1 fully saturated rings. The Morgan fingerprint density at radius 2 is 2.36 bits per heavy atom. The minimum Gasteiger partial charge on any atom is -0.321 e. The van der Waals surface area contributed by atoms with E-state index in [4.69, 9.17) is 5.73 Å². The van der Waals surface area contributed by atoms with Gasteiger partial charge in [-0.15, -0.1) is 5.10 Å². The van der Waals surface area contributed by atoms with Crippen LogP contribution < -0.4 is 5.73 Å². The molecule has 0 aliphatic heterocycles. The van der Waals surface area contributed by atoms with E-state index >= 15 is 0 Å². The van der Waals surface area contributed by atoms with E-state index in [0.29, 0.717) is 16.2 Å². The van der Waals surface area contributed by atoms with Gasteiger partial charge in [-0.3, -0.25) is 4.79 Å². The lowest BCUT2D eigenvalue weighted by Crippen LogP contribution is -2.34. The molecular formula is C8H11BrN4O. The van der Waals surface area contributed by atoms with Crippen LogP contribution in [0.15, 0.2) is 4.60 Å². The van der Waals surface area contributed by atoms with Gasteiger partial charge in [0, 0.05) is 7.05 Å². The van der Waals surface area contributed by atoms with Crippen LogP contribution in [0.25, 0.3) is 0 Å². The maximum atomic E-state index is 11.9. The molecule has 1 aliphatic rings. The number of carbonyl (C=O) groups excluding carboxylic acids is 1. The number of rotatable bonds is 3. The average molecular weight is 259 g/mol. The number of hydrogen-bond acceptors (Lipinski definition) is 4. The number of ketones is 1. The zero-order chi connectivity index (χ0) is 10.3. The van der Waals surface area contributed by atoms with Crippen LogP contribution in [0.5, 0.6) is 0 Å². The molecule has 1 unspecified atom stereocenters. The van der Waals surface area contributed by atoms with Gasteiger partial charge in [-0.25, -0.2) is 4.68 Å². The highest BCUT2D eigenvalue weighted by atomic mass is 79.9. The SMILES string of the molecule is Cn1nnc(Br)c1C(=O)C(N)C1CC1. The summed E-state index contributed by atoms with van der Waals surface area (Å²) >= 11 is 3.18. The minimum atomic E-state index is -0.400. The Morgan fingerprint density at radius 3 is 2.79 bits per heavy atom. The molecule has 2 N–H and O–H groups in total. The second-order valence-corrected chi connectivity index (χ2v) is 4.33. The van der Waals surface area contributed by atoms with E-state index in [0.717, 1.165) is 12.8 Å². The fourth-order valence-corrected chi connectivity index (χ4v) is 1.94. The average Bonchev–Trinajstić information content (AvgIpc) is 2.92. The summed E-state index contributed by atoms with van der Waals surface area (Å²) in [6.07, 6.45) is 2.10. The van der Waals surface area contributed by atoms with Crippen molar-refractivity contribution in [2.45, 2.75) is 18.9 Å². The second kappa shape index (κ2) is 3.43. The number of halogens is 1. The van der Waals surface area contributed by atoms with Crippen LogP contribution in [0.1, 0.15) is 23.3 Å². The first-order valence-electron chi connectivity index (χ1n) is 4.46. The van der Waals surface area contributed by atoms with Crippen molar-refractivity contribution in [2.24, 2.45) is 18.7 Å². The van der Waals surface area contributed by atoms with Crippen LogP contribution in [-0.2, 0) is 7.05 Å². The summed E-state index contributed by atoms with van der Waals surface area (Å²) in [4.78, 5) is 11.9. The van der Waals surface area contributed by atoms with Crippen molar-refractivity contribution < 1.29 is 4.79 Å². The zero-order valence-corrected chi connectivity index (χ0v) is 9.36. The van der Waals surface area contributed by atoms with Gasteiger partial charge in [0.15, 0.2) is 4.60 Å². The van der Waals surface area contributed by atoms with Crippen LogP contribution in [-0.4, -0.2) is 26.8 Å². The predicted octanol–water partition coefficient (Wildman–Crippen LogP) is 0.498. The van der Waals surface area contributed by atoms with Crippen molar-refractivity contribution in [1.29, 1.82) is 0 Å². The summed E-state index contributed by atoms with van der Waals surface area (Å²) < 4.78 is 1.93. The van der Waals surface area contributed by atoms with E-state index in [1.54, 1.807) is 7.05 Å². The molecule has 76 valence electrons. The quantitative estimate of drug-likeness (QED) is 0.802. The largest absolute Gasteiger partial charge is 0.321 e. The molecule has 2 rings (SSSR count). The topological polar surface area (TPSA) is 73.8 Å². The molecule has 1 aromatic heterocycles. The van der Waals surface area contributed by atoms with E-state index in [2.05, 4.69) is 26.2 Å². The molecular weight excluding hydrogens is 248 g/mol. The minimum absolute atomic E-state index is 0.0770. The lowest BCUT2D eigenvalue weighted by molar-refractivity contribution is 0.0941. The lowest BCUT2D eigenvalue weighted by Gasteiger charge is -2.08. The highest BCUT2D eigenvalue weighted by Crippen LogP contribution is 2.33. The maximum Gasteiger partial charge on any atom is 0.200 e. The summed E-state index contributed by atoms with van der Waals surface area (Å²) in [7, 11) is 1.69. The van der Waals surface area contributed by atoms with Gasteiger partial charge in [0.05, 0.1) is 6.04 Å². The number of nitrogens with zero attached hydrogens (tertiary/aromatic N) is 3. The van der Waals surface area contributed by atoms with Crippen LogP contribution in [0, 0.1) is 5.92 Å². The Labute approximate surface area is 89.8 Å². The Hall–Kier alpha value is -0.750. The number of hydrogen-bond donors (Lipinski definition) is 1. The van der Waals surface area contributed by atoms with Gasteiger partial charge in [0.1, 0.15) is 5.69 Å². The summed E-state index contributed by atoms with van der Waals surface area (Å²) in [5.74, 6) is 0.274. The Morgan fingerprint density at radius 1 is 1.71 bits per heavy atom. The number of carbonyl (C=O) groups is 1. The third-order valence-electron chi connectivity index (χ3n) is 2.45. The van der Waals surface area contributed by atoms with Crippen molar-refractivity contribution >= 4 is 21.7 Å². The van der Waals surface area contributed by atoms with Crippen LogP contribution in [0.3, 0.4) is 0 Å². The van der Waals surface area contributed by atoms with E-state index in [9.17, 15) is 4.79 Å². The second-order valence-electron chi connectivity index (χ2n) is 3.58. The van der Waals surface area contributed by atoms with Crippen molar-refractivity contribution in [3.05, 3.63) is 10.3 Å². The number of Topliss-reactive ketones (excluding diaryl/α,β-unsaturated/α-hetero) is 1. The molecule has 0 radical (unpaired) electrons. The Balaban J connectivity index is 2.25. The molecule has 1 atom stereocenters. The predicted molar refractivity (Wildman–Crippen MR) is 53.7 cm³/mol. The smallest absolute Gasteiger partial charge is 0.200 e. The van der Waals surface area contributed by atoms with Crippen LogP contribution >= 0.6 is 15.9 Å². The van der Waals surface area contributed by atoms with Gasteiger partial charge in [-0.1, -0.05) is 5.21 Å². The molecule has 0 spiro atoms. The third kappa shape index (κ3) is 1.59. The molecule has 0 saturated heterocycles. The first-order valence-corrected chi connectivity index (χ1v) is 5.25. The molecule has 1 aromatic rings. The van der Waals surface area contributed by atoms with Gasteiger partial charge in [0.25, 0.3) is 0 Å². The summed E-state index contributed by atoms with van der Waals surface area (Å²) in [6.45, 7) is 0. The van der Waals surface area contributed by atoms with E-state index < -0.39 is 6.04 Å². The standard InChI is InChI=1S/C8H11BrN4O/c1-13-6(8(9)11-12-13)7(14)5(10)4-2-3-4/h4-5H,2-3,10H2,1H3. The fourth-order valence-electron chi connectivity index (χ4n) is 1.42. The molecule has 6 heteroatoms. The Kier molecular flexibility index (Phi) is 2.40. The molecule has 1 aliphatic carbocycles. The highest BCUT2D eigenvalue weighted by Gasteiger charge is 2.35. The Bertz CT molecular complexity index is 352. The summed E-state index contributed by atoms with van der Waals surface area (Å²) in [5, 5.41) is 7.50. The maximum absolute atomic E-state index is 11.9. The van der Waals surface area contributed by atoms with E-state index in [-0.39, 0.29) is 5.78 Å².